The van der Waals surface area contributed by atoms with E-state index in [2.05, 4.69) is 38.1 Å². The molecular weight excluding hydrogens is 260 g/mol. The molecule has 0 aliphatic rings. The number of aliphatic hydroxyl groups is 1. The van der Waals surface area contributed by atoms with Crippen LogP contribution in [0.15, 0.2) is 42.5 Å². The highest BCUT2D eigenvalue weighted by atomic mass is 16.5. The van der Waals surface area contributed by atoms with E-state index in [-0.39, 0.29) is 0 Å². The fourth-order valence-electron chi connectivity index (χ4n) is 2.29. The predicted octanol–water partition coefficient (Wildman–Crippen LogP) is 4.75. The smallest absolute Gasteiger partial charge is 0.125 e. The number of benzene rings is 2. The van der Waals surface area contributed by atoms with Crippen LogP contribution in [0.5, 0.6) is 5.75 Å². The zero-order chi connectivity index (χ0) is 15.4. The van der Waals surface area contributed by atoms with Crippen LogP contribution in [0.2, 0.25) is 0 Å². The van der Waals surface area contributed by atoms with Crippen molar-refractivity contribution in [1.29, 1.82) is 0 Å². The maximum Gasteiger partial charge on any atom is 0.125 e. The molecule has 0 amide bonds. The number of hydrogen-bond acceptors (Lipinski definition) is 2. The van der Waals surface area contributed by atoms with Crippen LogP contribution >= 0.6 is 0 Å². The van der Waals surface area contributed by atoms with Crippen molar-refractivity contribution in [3.63, 3.8) is 0 Å². The average Bonchev–Trinajstić information content (AvgIpc) is 2.46. The molecule has 1 atom stereocenters. The number of aryl methyl sites for hydroxylation is 1. The molecule has 0 unspecified atom stereocenters. The Morgan fingerprint density at radius 2 is 1.67 bits per heavy atom. The summed E-state index contributed by atoms with van der Waals surface area (Å²) in [5.74, 6) is 1.29. The molecule has 0 aliphatic carbocycles. The SMILES string of the molecule is Cc1ccc(OCc2ccc(C(C)C)cc2)c([C@@H](C)O)c1. The first kappa shape index (κ1) is 15.6. The third-order valence-corrected chi connectivity index (χ3v) is 3.66. The van der Waals surface area contributed by atoms with Gasteiger partial charge < -0.3 is 9.84 Å². The van der Waals surface area contributed by atoms with Gasteiger partial charge in [0.25, 0.3) is 0 Å². The molecule has 2 nitrogen and oxygen atoms in total. The highest BCUT2D eigenvalue weighted by molar-refractivity contribution is 5.38. The van der Waals surface area contributed by atoms with Crippen LogP contribution < -0.4 is 4.74 Å². The second-order valence-electron chi connectivity index (χ2n) is 5.90. The van der Waals surface area contributed by atoms with Gasteiger partial charge in [-0.2, -0.15) is 0 Å². The minimum atomic E-state index is -0.525. The Bertz CT molecular complexity index is 583. The maximum atomic E-state index is 9.84. The summed E-state index contributed by atoms with van der Waals surface area (Å²) in [7, 11) is 0. The van der Waals surface area contributed by atoms with Crippen molar-refractivity contribution in [2.45, 2.75) is 46.3 Å². The fourth-order valence-corrected chi connectivity index (χ4v) is 2.29. The zero-order valence-corrected chi connectivity index (χ0v) is 13.3. The molecule has 2 rings (SSSR count). The standard InChI is InChI=1S/C19H24O2/c1-13(2)17-8-6-16(7-9-17)12-21-19-10-5-14(3)11-18(19)15(4)20/h5-11,13,15,20H,12H2,1-4H3/t15-/m1/s1. The van der Waals surface area contributed by atoms with Crippen LogP contribution in [-0.2, 0) is 6.61 Å². The molecule has 2 heteroatoms. The first-order valence-electron chi connectivity index (χ1n) is 7.47. The van der Waals surface area contributed by atoms with E-state index in [0.717, 1.165) is 22.4 Å². The van der Waals surface area contributed by atoms with Gasteiger partial charge in [-0.3, -0.25) is 0 Å². The van der Waals surface area contributed by atoms with Crippen LogP contribution in [0.3, 0.4) is 0 Å². The van der Waals surface area contributed by atoms with Gasteiger partial charge >= 0.3 is 0 Å². The third kappa shape index (κ3) is 4.08. The Kier molecular flexibility index (Phi) is 5.03. The minimum Gasteiger partial charge on any atom is -0.489 e. The van der Waals surface area contributed by atoms with Gasteiger partial charge in [-0.05, 0) is 43.0 Å². The number of ether oxygens (including phenoxy) is 1. The quantitative estimate of drug-likeness (QED) is 0.858. The van der Waals surface area contributed by atoms with Gasteiger partial charge in [-0.1, -0.05) is 49.7 Å². The van der Waals surface area contributed by atoms with Gasteiger partial charge in [0, 0.05) is 5.56 Å². The Labute approximate surface area is 127 Å². The summed E-state index contributed by atoms with van der Waals surface area (Å²) in [6, 6.07) is 14.4. The molecule has 0 bridgehead atoms. The van der Waals surface area contributed by atoms with E-state index in [9.17, 15) is 5.11 Å². The predicted molar refractivity (Wildman–Crippen MR) is 86.7 cm³/mol. The van der Waals surface area contributed by atoms with E-state index >= 15 is 0 Å². The normalized spacial score (nSPS) is 12.5. The Hall–Kier alpha value is -1.80. The second kappa shape index (κ2) is 6.77. The van der Waals surface area contributed by atoms with E-state index in [4.69, 9.17) is 4.74 Å². The lowest BCUT2D eigenvalue weighted by Crippen LogP contribution is -2.01. The highest BCUT2D eigenvalue weighted by Crippen LogP contribution is 2.27. The van der Waals surface area contributed by atoms with Gasteiger partial charge in [0.15, 0.2) is 0 Å². The zero-order valence-electron chi connectivity index (χ0n) is 13.3. The fraction of sp³-hybridized carbons (Fsp3) is 0.368. The summed E-state index contributed by atoms with van der Waals surface area (Å²) in [6.45, 7) is 8.67. The topological polar surface area (TPSA) is 29.5 Å². The van der Waals surface area contributed by atoms with E-state index in [1.54, 1.807) is 6.92 Å². The number of rotatable bonds is 5. The molecule has 0 spiro atoms. The molecule has 0 aliphatic heterocycles. The van der Waals surface area contributed by atoms with Crippen molar-refractivity contribution in [3.05, 3.63) is 64.7 Å². The molecule has 0 aromatic heterocycles. The van der Waals surface area contributed by atoms with E-state index in [0.29, 0.717) is 12.5 Å². The first-order chi connectivity index (χ1) is 9.97. The lowest BCUT2D eigenvalue weighted by atomic mass is 10.0. The van der Waals surface area contributed by atoms with Gasteiger partial charge in [0.2, 0.25) is 0 Å². The van der Waals surface area contributed by atoms with Crippen LogP contribution in [0.4, 0.5) is 0 Å². The van der Waals surface area contributed by atoms with Crippen LogP contribution in [-0.4, -0.2) is 5.11 Å². The molecule has 21 heavy (non-hydrogen) atoms. The van der Waals surface area contributed by atoms with Gasteiger partial charge in [0.05, 0.1) is 6.10 Å². The molecular formula is C19H24O2. The molecule has 0 heterocycles. The molecule has 0 saturated carbocycles. The molecule has 2 aromatic carbocycles. The van der Waals surface area contributed by atoms with Crippen molar-refractivity contribution in [1.82, 2.24) is 0 Å². The molecule has 0 fully saturated rings. The summed E-state index contributed by atoms with van der Waals surface area (Å²) in [6.07, 6.45) is -0.525. The van der Waals surface area contributed by atoms with Gasteiger partial charge in [0.1, 0.15) is 12.4 Å². The monoisotopic (exact) mass is 284 g/mol. The van der Waals surface area contributed by atoms with Gasteiger partial charge in [-0.15, -0.1) is 0 Å². The summed E-state index contributed by atoms with van der Waals surface area (Å²) in [4.78, 5) is 0. The summed E-state index contributed by atoms with van der Waals surface area (Å²) >= 11 is 0. The van der Waals surface area contributed by atoms with Crippen molar-refractivity contribution in [2.24, 2.45) is 0 Å². The molecule has 0 radical (unpaired) electrons. The van der Waals surface area contributed by atoms with E-state index in [1.807, 2.05) is 25.1 Å². The van der Waals surface area contributed by atoms with Crippen LogP contribution in [0.25, 0.3) is 0 Å². The summed E-state index contributed by atoms with van der Waals surface area (Å²) < 4.78 is 5.88. The highest BCUT2D eigenvalue weighted by Gasteiger charge is 2.09. The average molecular weight is 284 g/mol. The van der Waals surface area contributed by atoms with Crippen molar-refractivity contribution < 1.29 is 9.84 Å². The van der Waals surface area contributed by atoms with Crippen molar-refractivity contribution >= 4 is 0 Å². The summed E-state index contributed by atoms with van der Waals surface area (Å²) in [5, 5.41) is 9.84. The first-order valence-corrected chi connectivity index (χ1v) is 7.47. The Morgan fingerprint density at radius 1 is 1.00 bits per heavy atom. The minimum absolute atomic E-state index is 0.515. The van der Waals surface area contributed by atoms with E-state index < -0.39 is 6.10 Å². The Balaban J connectivity index is 2.09. The lowest BCUT2D eigenvalue weighted by molar-refractivity contribution is 0.190. The van der Waals surface area contributed by atoms with Crippen LogP contribution in [0, 0.1) is 6.92 Å². The number of hydrogen-bond donors (Lipinski definition) is 1. The van der Waals surface area contributed by atoms with Gasteiger partial charge in [-0.25, -0.2) is 0 Å². The molecule has 1 N–H and O–H groups in total. The Morgan fingerprint density at radius 3 is 2.24 bits per heavy atom. The van der Waals surface area contributed by atoms with Crippen molar-refractivity contribution in [3.8, 4) is 5.75 Å². The third-order valence-electron chi connectivity index (χ3n) is 3.66. The second-order valence-corrected chi connectivity index (χ2v) is 5.90. The molecule has 112 valence electrons. The van der Waals surface area contributed by atoms with Crippen molar-refractivity contribution in [2.75, 3.05) is 0 Å². The van der Waals surface area contributed by atoms with E-state index in [1.165, 1.54) is 5.56 Å². The summed E-state index contributed by atoms with van der Waals surface area (Å²) in [5.41, 5.74) is 4.43. The molecule has 2 aromatic rings. The number of aliphatic hydroxyl groups excluding tert-OH is 1. The molecule has 0 saturated heterocycles. The lowest BCUT2D eigenvalue weighted by Gasteiger charge is -2.14. The van der Waals surface area contributed by atoms with Crippen LogP contribution in [0.1, 0.15) is 55.0 Å². The maximum absolute atomic E-state index is 9.84. The largest absolute Gasteiger partial charge is 0.489 e.